The summed E-state index contributed by atoms with van der Waals surface area (Å²) in [6.07, 6.45) is 6.26. The summed E-state index contributed by atoms with van der Waals surface area (Å²) in [7, 11) is 4.33. The van der Waals surface area contributed by atoms with Crippen LogP contribution in [-0.4, -0.2) is 25.0 Å². The highest BCUT2D eigenvalue weighted by atomic mass is 15.1. The molecule has 0 bridgehead atoms. The Hall–Kier alpha value is -0.300. The first kappa shape index (κ1) is 7.80. The smallest absolute Gasteiger partial charge is 0.0127 e. The maximum absolute atomic E-state index is 2.37. The van der Waals surface area contributed by atoms with Crippen molar-refractivity contribution in [2.24, 2.45) is 0 Å². The van der Waals surface area contributed by atoms with E-state index < -0.39 is 0 Å². The van der Waals surface area contributed by atoms with Crippen LogP contribution in [0.2, 0.25) is 0 Å². The van der Waals surface area contributed by atoms with Crippen molar-refractivity contribution >= 4 is 0 Å². The fourth-order valence-electron chi connectivity index (χ4n) is 1.42. The molecule has 0 radical (unpaired) electrons. The van der Waals surface area contributed by atoms with Crippen molar-refractivity contribution in [1.82, 2.24) is 4.90 Å². The molecule has 1 heteroatoms. The quantitative estimate of drug-likeness (QED) is 0.502. The van der Waals surface area contributed by atoms with Gasteiger partial charge in [-0.15, -0.1) is 0 Å². The fraction of sp³-hybridized carbons (Fsp3) is 0.778. The summed E-state index contributed by atoms with van der Waals surface area (Å²) in [5.41, 5.74) is 1.57. The van der Waals surface area contributed by atoms with Crippen LogP contribution in [0.25, 0.3) is 0 Å². The minimum Gasteiger partial charge on any atom is -0.306 e. The summed E-state index contributed by atoms with van der Waals surface area (Å²) in [6, 6.07) is 0.795. The monoisotopic (exact) mass is 139 g/mol. The zero-order valence-corrected chi connectivity index (χ0v) is 7.22. The van der Waals surface area contributed by atoms with Crippen LogP contribution in [0.3, 0.4) is 0 Å². The van der Waals surface area contributed by atoms with E-state index in [1.165, 1.54) is 19.3 Å². The minimum absolute atomic E-state index is 0.795. The Labute approximate surface area is 63.7 Å². The number of rotatable bonds is 1. The van der Waals surface area contributed by atoms with Gasteiger partial charge in [0.2, 0.25) is 0 Å². The second-order valence-electron chi connectivity index (χ2n) is 3.44. The van der Waals surface area contributed by atoms with Crippen molar-refractivity contribution in [3.63, 3.8) is 0 Å². The molecule has 0 fully saturated rings. The van der Waals surface area contributed by atoms with E-state index in [2.05, 4.69) is 32.0 Å². The summed E-state index contributed by atoms with van der Waals surface area (Å²) in [5, 5.41) is 0. The fourth-order valence-corrected chi connectivity index (χ4v) is 1.42. The van der Waals surface area contributed by atoms with Crippen LogP contribution in [0.1, 0.15) is 26.2 Å². The van der Waals surface area contributed by atoms with Crippen molar-refractivity contribution in [2.75, 3.05) is 14.1 Å². The Balaban J connectivity index is 2.42. The summed E-state index contributed by atoms with van der Waals surface area (Å²) in [4.78, 5) is 2.32. The molecule has 0 N–H and O–H groups in total. The van der Waals surface area contributed by atoms with Gasteiger partial charge < -0.3 is 4.90 Å². The Kier molecular flexibility index (Phi) is 2.50. The van der Waals surface area contributed by atoms with Gasteiger partial charge in [0.15, 0.2) is 0 Å². The molecule has 1 atom stereocenters. The van der Waals surface area contributed by atoms with E-state index in [1.54, 1.807) is 5.57 Å². The van der Waals surface area contributed by atoms with E-state index in [1.807, 2.05) is 0 Å². The second-order valence-corrected chi connectivity index (χ2v) is 3.44. The van der Waals surface area contributed by atoms with Gasteiger partial charge in [-0.2, -0.15) is 0 Å². The molecule has 0 spiro atoms. The third-order valence-electron chi connectivity index (χ3n) is 2.34. The highest BCUT2D eigenvalue weighted by Crippen LogP contribution is 2.19. The molecule has 0 aliphatic heterocycles. The van der Waals surface area contributed by atoms with E-state index in [4.69, 9.17) is 0 Å². The Morgan fingerprint density at radius 1 is 1.50 bits per heavy atom. The summed E-state index contributed by atoms with van der Waals surface area (Å²) >= 11 is 0. The molecule has 0 heterocycles. The van der Waals surface area contributed by atoms with E-state index in [0.717, 1.165) is 6.04 Å². The standard InChI is InChI=1S/C9H17N/c1-8-4-6-9(7-5-8)10(2)3/h4,9H,5-7H2,1-3H3/t9-/m1/s1. The molecular weight excluding hydrogens is 122 g/mol. The zero-order valence-electron chi connectivity index (χ0n) is 7.22. The number of hydrogen-bond donors (Lipinski definition) is 0. The van der Waals surface area contributed by atoms with Crippen molar-refractivity contribution in [3.8, 4) is 0 Å². The minimum atomic E-state index is 0.795. The molecule has 0 unspecified atom stereocenters. The molecule has 1 rings (SSSR count). The first-order valence-corrected chi connectivity index (χ1v) is 4.02. The molecule has 1 aliphatic carbocycles. The SMILES string of the molecule is CC1=CC[C@@H](N(C)C)CC1. The normalized spacial score (nSPS) is 26.8. The van der Waals surface area contributed by atoms with Crippen LogP contribution in [0.5, 0.6) is 0 Å². The zero-order chi connectivity index (χ0) is 7.56. The van der Waals surface area contributed by atoms with Crippen molar-refractivity contribution in [3.05, 3.63) is 11.6 Å². The van der Waals surface area contributed by atoms with Gasteiger partial charge >= 0.3 is 0 Å². The second kappa shape index (κ2) is 3.20. The van der Waals surface area contributed by atoms with E-state index in [9.17, 15) is 0 Å². The van der Waals surface area contributed by atoms with Gasteiger partial charge in [-0.25, -0.2) is 0 Å². The van der Waals surface area contributed by atoms with Crippen molar-refractivity contribution < 1.29 is 0 Å². The van der Waals surface area contributed by atoms with Crippen LogP contribution in [0.4, 0.5) is 0 Å². The molecular formula is C9H17N. The summed E-state index contributed by atoms with van der Waals surface area (Å²) in [5.74, 6) is 0. The van der Waals surface area contributed by atoms with Gasteiger partial charge in [-0.05, 0) is 40.3 Å². The Morgan fingerprint density at radius 3 is 2.60 bits per heavy atom. The van der Waals surface area contributed by atoms with Gasteiger partial charge in [0.05, 0.1) is 0 Å². The number of hydrogen-bond acceptors (Lipinski definition) is 1. The lowest BCUT2D eigenvalue weighted by Crippen LogP contribution is -2.28. The van der Waals surface area contributed by atoms with Gasteiger partial charge in [-0.1, -0.05) is 11.6 Å². The Bertz CT molecular complexity index is 136. The topological polar surface area (TPSA) is 3.24 Å². The maximum Gasteiger partial charge on any atom is 0.0127 e. The third kappa shape index (κ3) is 1.84. The molecule has 0 aromatic heterocycles. The maximum atomic E-state index is 2.37. The average molecular weight is 139 g/mol. The predicted molar refractivity (Wildman–Crippen MR) is 45.1 cm³/mol. The van der Waals surface area contributed by atoms with E-state index in [0.29, 0.717) is 0 Å². The van der Waals surface area contributed by atoms with E-state index in [-0.39, 0.29) is 0 Å². The first-order chi connectivity index (χ1) is 4.70. The molecule has 1 nitrogen and oxygen atoms in total. The molecule has 0 amide bonds. The van der Waals surface area contributed by atoms with Gasteiger partial charge in [0.25, 0.3) is 0 Å². The molecule has 1 aliphatic rings. The summed E-state index contributed by atoms with van der Waals surface area (Å²) < 4.78 is 0. The lowest BCUT2D eigenvalue weighted by Gasteiger charge is -2.26. The molecule has 10 heavy (non-hydrogen) atoms. The van der Waals surface area contributed by atoms with Gasteiger partial charge in [-0.3, -0.25) is 0 Å². The molecule has 0 aromatic rings. The Morgan fingerprint density at radius 2 is 2.20 bits per heavy atom. The molecule has 0 saturated heterocycles. The largest absolute Gasteiger partial charge is 0.306 e. The van der Waals surface area contributed by atoms with Crippen LogP contribution in [-0.2, 0) is 0 Å². The van der Waals surface area contributed by atoms with Crippen LogP contribution in [0.15, 0.2) is 11.6 Å². The summed E-state index contributed by atoms with van der Waals surface area (Å²) in [6.45, 7) is 2.23. The molecule has 0 aromatic carbocycles. The van der Waals surface area contributed by atoms with Crippen molar-refractivity contribution in [1.29, 1.82) is 0 Å². The third-order valence-corrected chi connectivity index (χ3v) is 2.34. The predicted octanol–water partition coefficient (Wildman–Crippen LogP) is 2.05. The average Bonchev–Trinajstić information content (AvgIpc) is 1.88. The van der Waals surface area contributed by atoms with Crippen LogP contribution >= 0.6 is 0 Å². The van der Waals surface area contributed by atoms with Crippen LogP contribution < -0.4 is 0 Å². The first-order valence-electron chi connectivity index (χ1n) is 4.02. The van der Waals surface area contributed by atoms with E-state index >= 15 is 0 Å². The van der Waals surface area contributed by atoms with Gasteiger partial charge in [0, 0.05) is 6.04 Å². The lowest BCUT2D eigenvalue weighted by molar-refractivity contribution is 0.273. The van der Waals surface area contributed by atoms with Gasteiger partial charge in [0.1, 0.15) is 0 Å². The highest BCUT2D eigenvalue weighted by Gasteiger charge is 2.13. The molecule has 0 saturated carbocycles. The highest BCUT2D eigenvalue weighted by molar-refractivity contribution is 5.04. The van der Waals surface area contributed by atoms with Crippen LogP contribution in [0, 0.1) is 0 Å². The molecule has 58 valence electrons. The van der Waals surface area contributed by atoms with Crippen molar-refractivity contribution in [2.45, 2.75) is 32.2 Å². The number of allylic oxidation sites excluding steroid dienone is 1. The number of nitrogens with zero attached hydrogens (tertiary/aromatic N) is 1. The lowest BCUT2D eigenvalue weighted by atomic mass is 9.96.